The zero-order chi connectivity index (χ0) is 17.3. The summed E-state index contributed by atoms with van der Waals surface area (Å²) in [6.45, 7) is 2.03. The van der Waals surface area contributed by atoms with Gasteiger partial charge in [0.15, 0.2) is 5.65 Å². The SMILES string of the molecule is Cc1cccc(-c2nn3c(c2-c2ccc4ncnn4c2)C2CCC3C2)n1. The average molecular weight is 342 g/mol. The molecule has 1 saturated carbocycles. The predicted molar refractivity (Wildman–Crippen MR) is 97.8 cm³/mol. The van der Waals surface area contributed by atoms with Crippen LogP contribution in [0.1, 0.15) is 42.6 Å². The number of hydrogen-bond donors (Lipinski definition) is 0. The highest BCUT2D eigenvalue weighted by Gasteiger charge is 2.41. The lowest BCUT2D eigenvalue weighted by atomic mass is 9.94. The molecule has 128 valence electrons. The molecule has 6 rings (SSSR count). The summed E-state index contributed by atoms with van der Waals surface area (Å²) in [6.07, 6.45) is 7.37. The van der Waals surface area contributed by atoms with Gasteiger partial charge in [0.1, 0.15) is 12.0 Å². The summed E-state index contributed by atoms with van der Waals surface area (Å²) in [5.74, 6) is 0.604. The van der Waals surface area contributed by atoms with Gasteiger partial charge in [0.2, 0.25) is 0 Å². The highest BCUT2D eigenvalue weighted by Crippen LogP contribution is 2.53. The minimum Gasteiger partial charge on any atom is -0.265 e. The molecule has 0 aromatic carbocycles. The largest absolute Gasteiger partial charge is 0.265 e. The molecule has 0 radical (unpaired) electrons. The highest BCUT2D eigenvalue weighted by atomic mass is 15.3. The average Bonchev–Trinajstić information content (AvgIpc) is 3.41. The molecule has 1 aliphatic carbocycles. The second kappa shape index (κ2) is 5.00. The second-order valence-electron chi connectivity index (χ2n) is 7.36. The molecule has 0 N–H and O–H groups in total. The quantitative estimate of drug-likeness (QED) is 0.556. The van der Waals surface area contributed by atoms with E-state index in [-0.39, 0.29) is 0 Å². The zero-order valence-electron chi connectivity index (χ0n) is 14.5. The van der Waals surface area contributed by atoms with Crippen LogP contribution >= 0.6 is 0 Å². The zero-order valence-corrected chi connectivity index (χ0v) is 14.5. The fraction of sp³-hybridized carbons (Fsp3) is 0.300. The van der Waals surface area contributed by atoms with Crippen LogP contribution in [-0.4, -0.2) is 29.4 Å². The predicted octanol–water partition coefficient (Wildman–Crippen LogP) is 3.79. The van der Waals surface area contributed by atoms with Crippen LogP contribution in [0.2, 0.25) is 0 Å². The van der Waals surface area contributed by atoms with Gasteiger partial charge >= 0.3 is 0 Å². The Balaban J connectivity index is 1.64. The number of hydrogen-bond acceptors (Lipinski definition) is 4. The molecule has 6 heteroatoms. The van der Waals surface area contributed by atoms with E-state index in [4.69, 9.17) is 10.1 Å². The summed E-state index contributed by atoms with van der Waals surface area (Å²) >= 11 is 0. The van der Waals surface area contributed by atoms with Crippen molar-refractivity contribution in [2.75, 3.05) is 0 Å². The molecule has 1 fully saturated rings. The first kappa shape index (κ1) is 14.2. The van der Waals surface area contributed by atoms with E-state index >= 15 is 0 Å². The van der Waals surface area contributed by atoms with Crippen molar-refractivity contribution in [1.82, 2.24) is 29.4 Å². The van der Waals surface area contributed by atoms with Crippen LogP contribution in [0.15, 0.2) is 42.9 Å². The van der Waals surface area contributed by atoms with Crippen molar-refractivity contribution in [2.45, 2.75) is 38.1 Å². The molecule has 6 nitrogen and oxygen atoms in total. The summed E-state index contributed by atoms with van der Waals surface area (Å²) in [7, 11) is 0. The molecule has 26 heavy (non-hydrogen) atoms. The Morgan fingerprint density at radius 1 is 1.12 bits per heavy atom. The third kappa shape index (κ3) is 1.87. The number of fused-ring (bicyclic) bond motifs is 6. The van der Waals surface area contributed by atoms with E-state index in [0.717, 1.165) is 28.3 Å². The fourth-order valence-corrected chi connectivity index (χ4v) is 4.65. The van der Waals surface area contributed by atoms with Gasteiger partial charge in [0.05, 0.1) is 17.4 Å². The number of pyridine rings is 2. The maximum absolute atomic E-state index is 5.04. The maximum Gasteiger partial charge on any atom is 0.155 e. The molecule has 2 unspecified atom stereocenters. The van der Waals surface area contributed by atoms with Gasteiger partial charge in [-0.3, -0.25) is 9.67 Å². The molecule has 0 saturated heterocycles. The van der Waals surface area contributed by atoms with Crippen LogP contribution in [-0.2, 0) is 0 Å². The third-order valence-electron chi connectivity index (χ3n) is 5.78. The van der Waals surface area contributed by atoms with E-state index in [1.165, 1.54) is 30.5 Å². The molecular weight excluding hydrogens is 324 g/mol. The van der Waals surface area contributed by atoms with Crippen LogP contribution in [0.4, 0.5) is 0 Å². The summed E-state index contributed by atoms with van der Waals surface area (Å²) in [5.41, 5.74) is 7.52. The first-order valence-corrected chi connectivity index (χ1v) is 9.14. The van der Waals surface area contributed by atoms with Crippen molar-refractivity contribution >= 4 is 5.65 Å². The van der Waals surface area contributed by atoms with E-state index in [9.17, 15) is 0 Å². The van der Waals surface area contributed by atoms with Crippen LogP contribution in [0.25, 0.3) is 28.2 Å². The van der Waals surface area contributed by atoms with E-state index in [2.05, 4.69) is 39.2 Å². The Labute approximate surface area is 150 Å². The second-order valence-corrected chi connectivity index (χ2v) is 7.36. The van der Waals surface area contributed by atoms with Gasteiger partial charge in [-0.25, -0.2) is 9.50 Å². The van der Waals surface area contributed by atoms with Gasteiger partial charge in [0, 0.05) is 28.9 Å². The van der Waals surface area contributed by atoms with Gasteiger partial charge in [-0.2, -0.15) is 10.2 Å². The van der Waals surface area contributed by atoms with Gasteiger partial charge < -0.3 is 0 Å². The molecular formula is C20H18N6. The molecule has 2 atom stereocenters. The minimum atomic E-state index is 0.544. The highest BCUT2D eigenvalue weighted by molar-refractivity contribution is 5.82. The Hall–Kier alpha value is -3.02. The smallest absolute Gasteiger partial charge is 0.155 e. The summed E-state index contributed by atoms with van der Waals surface area (Å²) < 4.78 is 4.11. The van der Waals surface area contributed by atoms with E-state index < -0.39 is 0 Å². The van der Waals surface area contributed by atoms with Crippen LogP contribution in [0.3, 0.4) is 0 Å². The maximum atomic E-state index is 5.04. The number of rotatable bonds is 2. The standard InChI is InChI=1S/C20H18N6/c1-12-3-2-4-16(23-12)19-18(14-6-8-17-21-11-22-25(17)10-14)20-13-5-7-15(9-13)26(20)24-19/h2-4,6,8,10-11,13,15H,5,7,9H2,1H3. The topological polar surface area (TPSA) is 60.9 Å². The molecule has 2 bridgehead atoms. The monoisotopic (exact) mass is 342 g/mol. The Morgan fingerprint density at radius 3 is 3.00 bits per heavy atom. The summed E-state index contributed by atoms with van der Waals surface area (Å²) in [4.78, 5) is 9.02. The van der Waals surface area contributed by atoms with E-state index in [1.807, 2.05) is 23.6 Å². The summed E-state index contributed by atoms with van der Waals surface area (Å²) in [6, 6.07) is 10.8. The molecule has 4 aromatic rings. The first-order chi connectivity index (χ1) is 12.8. The van der Waals surface area contributed by atoms with Crippen molar-refractivity contribution < 1.29 is 0 Å². The lowest BCUT2D eigenvalue weighted by Gasteiger charge is -2.14. The Bertz CT molecular complexity index is 1150. The van der Waals surface area contributed by atoms with Crippen LogP contribution < -0.4 is 0 Å². The molecule has 0 spiro atoms. The van der Waals surface area contributed by atoms with Crippen molar-refractivity contribution in [3.63, 3.8) is 0 Å². The van der Waals surface area contributed by atoms with Crippen molar-refractivity contribution in [2.24, 2.45) is 0 Å². The van der Waals surface area contributed by atoms with Crippen LogP contribution in [0.5, 0.6) is 0 Å². The number of nitrogens with zero attached hydrogens (tertiary/aromatic N) is 6. The Kier molecular flexibility index (Phi) is 2.73. The number of aryl methyl sites for hydroxylation is 1. The van der Waals surface area contributed by atoms with Crippen molar-refractivity contribution in [3.8, 4) is 22.5 Å². The van der Waals surface area contributed by atoms with Crippen molar-refractivity contribution in [1.29, 1.82) is 0 Å². The molecule has 1 aliphatic heterocycles. The van der Waals surface area contributed by atoms with E-state index in [0.29, 0.717) is 12.0 Å². The van der Waals surface area contributed by atoms with Gasteiger partial charge in [0.25, 0.3) is 0 Å². The van der Waals surface area contributed by atoms with E-state index in [1.54, 1.807) is 6.33 Å². The molecule has 0 amide bonds. The minimum absolute atomic E-state index is 0.544. The van der Waals surface area contributed by atoms with Gasteiger partial charge in [-0.1, -0.05) is 6.07 Å². The Morgan fingerprint density at radius 2 is 2.08 bits per heavy atom. The normalized spacial score (nSPS) is 20.8. The van der Waals surface area contributed by atoms with Gasteiger partial charge in [-0.15, -0.1) is 0 Å². The van der Waals surface area contributed by atoms with Gasteiger partial charge in [-0.05, 0) is 50.5 Å². The lowest BCUT2D eigenvalue weighted by molar-refractivity contribution is 0.477. The molecule has 4 aromatic heterocycles. The summed E-state index contributed by atoms with van der Waals surface area (Å²) in [5, 5.41) is 9.35. The number of aromatic nitrogens is 6. The van der Waals surface area contributed by atoms with Crippen molar-refractivity contribution in [3.05, 3.63) is 54.2 Å². The molecule has 5 heterocycles. The fourth-order valence-electron chi connectivity index (χ4n) is 4.65. The van der Waals surface area contributed by atoms with Crippen LogP contribution in [0, 0.1) is 6.92 Å². The third-order valence-corrected chi connectivity index (χ3v) is 5.78. The molecule has 2 aliphatic rings. The first-order valence-electron chi connectivity index (χ1n) is 9.14. The lowest BCUT2D eigenvalue weighted by Crippen LogP contribution is -2.07.